The summed E-state index contributed by atoms with van der Waals surface area (Å²) in [7, 11) is 0. The fourth-order valence-electron chi connectivity index (χ4n) is 3.75. The normalized spacial score (nSPS) is 47.0. The Balaban J connectivity index is 2.38. The highest BCUT2D eigenvalue weighted by molar-refractivity contribution is 5.26. The Morgan fingerprint density at radius 3 is 2.47 bits per heavy atom. The summed E-state index contributed by atoms with van der Waals surface area (Å²) >= 11 is 0. The number of hydrogen-bond donors (Lipinski definition) is 2. The summed E-state index contributed by atoms with van der Waals surface area (Å²) in [5.41, 5.74) is 0.962. The Labute approximate surface area is 105 Å². The van der Waals surface area contributed by atoms with E-state index in [2.05, 4.69) is 19.9 Å². The maximum Gasteiger partial charge on any atom is 0.0654 e. The highest BCUT2D eigenvalue weighted by atomic mass is 16.3. The van der Waals surface area contributed by atoms with Crippen LogP contribution in [0.2, 0.25) is 0 Å². The summed E-state index contributed by atoms with van der Waals surface area (Å²) in [6.07, 6.45) is 8.33. The Morgan fingerprint density at radius 1 is 1.12 bits per heavy atom. The number of hydrogen-bond acceptors (Lipinski definition) is 2. The van der Waals surface area contributed by atoms with Gasteiger partial charge in [0.05, 0.1) is 12.2 Å². The summed E-state index contributed by atoms with van der Waals surface area (Å²) in [6.45, 7) is 6.65. The zero-order valence-corrected chi connectivity index (χ0v) is 11.4. The van der Waals surface area contributed by atoms with Crippen molar-refractivity contribution in [3.8, 4) is 0 Å². The van der Waals surface area contributed by atoms with Crippen molar-refractivity contribution in [1.29, 1.82) is 0 Å². The lowest BCUT2D eigenvalue weighted by atomic mass is 9.59. The summed E-state index contributed by atoms with van der Waals surface area (Å²) in [5.74, 6) is 0. The van der Waals surface area contributed by atoms with Crippen molar-refractivity contribution in [2.45, 2.75) is 64.9 Å². The molecule has 2 rings (SSSR count). The highest BCUT2D eigenvalue weighted by Gasteiger charge is 2.45. The molecule has 3 atom stereocenters. The molecule has 2 aliphatic carbocycles. The topological polar surface area (TPSA) is 40.5 Å². The van der Waals surface area contributed by atoms with Crippen LogP contribution in [-0.4, -0.2) is 22.4 Å². The fourth-order valence-corrected chi connectivity index (χ4v) is 3.75. The molecule has 0 bridgehead atoms. The minimum Gasteiger partial charge on any atom is -0.395 e. The first-order valence-electron chi connectivity index (χ1n) is 6.86. The van der Waals surface area contributed by atoms with Crippen molar-refractivity contribution < 1.29 is 10.2 Å². The molecule has 0 aliphatic heterocycles. The Kier molecular flexibility index (Phi) is 3.16. The molecule has 0 heterocycles. The quantitative estimate of drug-likeness (QED) is 0.689. The predicted molar refractivity (Wildman–Crippen MR) is 69.7 cm³/mol. The second-order valence-electron chi connectivity index (χ2n) is 6.95. The van der Waals surface area contributed by atoms with Gasteiger partial charge in [0.1, 0.15) is 0 Å². The molecule has 98 valence electrons. The third kappa shape index (κ3) is 2.30. The van der Waals surface area contributed by atoms with E-state index in [1.807, 2.05) is 6.92 Å². The molecule has 0 radical (unpaired) electrons. The van der Waals surface area contributed by atoms with Crippen LogP contribution < -0.4 is 0 Å². The maximum atomic E-state index is 10.3. The van der Waals surface area contributed by atoms with Crippen LogP contribution in [0.25, 0.3) is 0 Å². The number of aliphatic hydroxyl groups excluding tert-OH is 1. The van der Waals surface area contributed by atoms with E-state index in [1.165, 1.54) is 18.4 Å². The zero-order chi connectivity index (χ0) is 12.7. The van der Waals surface area contributed by atoms with Gasteiger partial charge in [0.25, 0.3) is 0 Å². The summed E-state index contributed by atoms with van der Waals surface area (Å²) in [6, 6.07) is 0. The van der Waals surface area contributed by atoms with Crippen LogP contribution >= 0.6 is 0 Å². The van der Waals surface area contributed by atoms with Gasteiger partial charge >= 0.3 is 0 Å². The van der Waals surface area contributed by atoms with Crippen LogP contribution in [-0.2, 0) is 0 Å². The molecule has 1 fully saturated rings. The highest BCUT2D eigenvalue weighted by Crippen LogP contribution is 2.55. The Bertz CT molecular complexity index is 332. The van der Waals surface area contributed by atoms with Crippen LogP contribution in [0, 0.1) is 10.8 Å². The molecule has 0 unspecified atom stereocenters. The molecule has 2 aliphatic rings. The molecule has 0 amide bonds. The van der Waals surface area contributed by atoms with Gasteiger partial charge in [0.15, 0.2) is 0 Å². The van der Waals surface area contributed by atoms with Gasteiger partial charge in [0, 0.05) is 5.41 Å². The average Bonchev–Trinajstić information content (AvgIpc) is 2.37. The number of aliphatic hydroxyl groups is 2. The van der Waals surface area contributed by atoms with Gasteiger partial charge in [-0.15, -0.1) is 0 Å². The molecule has 2 heteroatoms. The van der Waals surface area contributed by atoms with Gasteiger partial charge in [-0.05, 0) is 44.4 Å². The lowest BCUT2D eigenvalue weighted by Crippen LogP contribution is -2.38. The van der Waals surface area contributed by atoms with Gasteiger partial charge in [0.2, 0.25) is 0 Å². The summed E-state index contributed by atoms with van der Waals surface area (Å²) in [4.78, 5) is 0. The SMILES string of the molecule is C[C@@]1(O)CC=C2[C@@](C)(CCC[C@@]2(C)CO)CC1. The van der Waals surface area contributed by atoms with Crippen molar-refractivity contribution in [3.05, 3.63) is 11.6 Å². The second kappa shape index (κ2) is 4.10. The first-order chi connectivity index (χ1) is 7.81. The van der Waals surface area contributed by atoms with Crippen molar-refractivity contribution in [2.24, 2.45) is 10.8 Å². The summed E-state index contributed by atoms with van der Waals surface area (Å²) < 4.78 is 0. The molecule has 2 N–H and O–H groups in total. The zero-order valence-electron chi connectivity index (χ0n) is 11.4. The lowest BCUT2D eigenvalue weighted by Gasteiger charge is -2.47. The van der Waals surface area contributed by atoms with Gasteiger partial charge in [-0.2, -0.15) is 0 Å². The molecule has 17 heavy (non-hydrogen) atoms. The third-order valence-electron chi connectivity index (χ3n) is 5.07. The number of rotatable bonds is 1. The van der Waals surface area contributed by atoms with Crippen LogP contribution in [0.5, 0.6) is 0 Å². The Morgan fingerprint density at radius 2 is 1.82 bits per heavy atom. The second-order valence-corrected chi connectivity index (χ2v) is 6.95. The fraction of sp³-hybridized carbons (Fsp3) is 0.867. The number of fused-ring (bicyclic) bond motifs is 1. The van der Waals surface area contributed by atoms with E-state index in [4.69, 9.17) is 0 Å². The van der Waals surface area contributed by atoms with Crippen molar-refractivity contribution in [2.75, 3.05) is 6.61 Å². The minimum atomic E-state index is -0.566. The van der Waals surface area contributed by atoms with Crippen molar-refractivity contribution in [3.63, 3.8) is 0 Å². The van der Waals surface area contributed by atoms with E-state index in [1.54, 1.807) is 0 Å². The molecular formula is C15H26O2. The van der Waals surface area contributed by atoms with E-state index < -0.39 is 5.60 Å². The molecule has 2 nitrogen and oxygen atoms in total. The van der Waals surface area contributed by atoms with Crippen molar-refractivity contribution >= 4 is 0 Å². The van der Waals surface area contributed by atoms with E-state index >= 15 is 0 Å². The van der Waals surface area contributed by atoms with Crippen LogP contribution in [0.4, 0.5) is 0 Å². The predicted octanol–water partition coefficient (Wildman–Crippen LogP) is 3.04. The average molecular weight is 238 g/mol. The lowest BCUT2D eigenvalue weighted by molar-refractivity contribution is 0.0412. The van der Waals surface area contributed by atoms with Crippen molar-refractivity contribution in [1.82, 2.24) is 0 Å². The monoisotopic (exact) mass is 238 g/mol. The van der Waals surface area contributed by atoms with Gasteiger partial charge in [-0.3, -0.25) is 0 Å². The van der Waals surface area contributed by atoms with Gasteiger partial charge in [-0.25, -0.2) is 0 Å². The first kappa shape index (κ1) is 13.1. The van der Waals surface area contributed by atoms with Crippen LogP contribution in [0.15, 0.2) is 11.6 Å². The summed E-state index contributed by atoms with van der Waals surface area (Å²) in [5, 5.41) is 20.0. The molecular weight excluding hydrogens is 212 g/mol. The first-order valence-corrected chi connectivity index (χ1v) is 6.86. The van der Waals surface area contributed by atoms with Crippen LogP contribution in [0.1, 0.15) is 59.3 Å². The Hall–Kier alpha value is -0.340. The maximum absolute atomic E-state index is 10.3. The van der Waals surface area contributed by atoms with E-state index in [0.717, 1.165) is 25.7 Å². The van der Waals surface area contributed by atoms with E-state index in [-0.39, 0.29) is 17.4 Å². The molecule has 0 aromatic heterocycles. The van der Waals surface area contributed by atoms with Crippen LogP contribution in [0.3, 0.4) is 0 Å². The van der Waals surface area contributed by atoms with E-state index in [0.29, 0.717) is 0 Å². The molecule has 0 saturated heterocycles. The molecule has 1 saturated carbocycles. The smallest absolute Gasteiger partial charge is 0.0654 e. The molecule has 0 spiro atoms. The molecule has 0 aromatic rings. The molecule has 0 aromatic carbocycles. The van der Waals surface area contributed by atoms with Gasteiger partial charge in [-0.1, -0.05) is 31.9 Å². The van der Waals surface area contributed by atoms with E-state index in [9.17, 15) is 10.2 Å². The largest absolute Gasteiger partial charge is 0.395 e. The minimum absolute atomic E-state index is 0.0621. The standard InChI is InChI=1S/C15H26O2/c1-13-6-4-7-14(2,11-16)12(13)5-8-15(3,17)10-9-13/h5,16-17H,4,6-11H2,1-3H3/t13-,14-,15+/m0/s1. The van der Waals surface area contributed by atoms with Gasteiger partial charge < -0.3 is 10.2 Å². The third-order valence-corrected chi connectivity index (χ3v) is 5.07.